The minimum absolute atomic E-state index is 0.212. The van der Waals surface area contributed by atoms with Gasteiger partial charge in [-0.05, 0) is 43.4 Å². The van der Waals surface area contributed by atoms with Gasteiger partial charge in [0.1, 0.15) is 6.54 Å². The van der Waals surface area contributed by atoms with E-state index in [0.29, 0.717) is 19.0 Å². The van der Waals surface area contributed by atoms with Crippen LogP contribution in [-0.2, 0) is 4.79 Å². The van der Waals surface area contributed by atoms with E-state index in [1.807, 2.05) is 6.92 Å². The Morgan fingerprint density at radius 3 is 2.63 bits per heavy atom. The highest BCUT2D eigenvalue weighted by atomic mass is 16.4. The molecule has 0 heterocycles. The Labute approximate surface area is 114 Å². The molecule has 0 saturated heterocycles. The van der Waals surface area contributed by atoms with E-state index in [-0.39, 0.29) is 12.6 Å². The molecular weight excluding hydrogens is 244 g/mol. The zero-order valence-corrected chi connectivity index (χ0v) is 11.6. The second kappa shape index (κ2) is 6.26. The van der Waals surface area contributed by atoms with Crippen molar-refractivity contribution in [2.45, 2.75) is 39.0 Å². The van der Waals surface area contributed by atoms with Crippen molar-refractivity contribution in [3.8, 4) is 0 Å². The SMILES string of the molecule is CCCN(CC(=O)O)C(=O)NCC1CC2CCC1C2. The Morgan fingerprint density at radius 1 is 1.32 bits per heavy atom. The van der Waals surface area contributed by atoms with Crippen LogP contribution < -0.4 is 5.32 Å². The van der Waals surface area contributed by atoms with Crippen molar-refractivity contribution < 1.29 is 14.7 Å². The molecule has 19 heavy (non-hydrogen) atoms. The van der Waals surface area contributed by atoms with Gasteiger partial charge in [-0.2, -0.15) is 0 Å². The summed E-state index contributed by atoms with van der Waals surface area (Å²) in [6.07, 6.45) is 6.00. The van der Waals surface area contributed by atoms with Gasteiger partial charge in [0.25, 0.3) is 0 Å². The fourth-order valence-corrected chi connectivity index (χ4v) is 3.64. The Hall–Kier alpha value is -1.26. The fourth-order valence-electron chi connectivity index (χ4n) is 3.64. The summed E-state index contributed by atoms with van der Waals surface area (Å²) >= 11 is 0. The maximum Gasteiger partial charge on any atom is 0.323 e. The number of hydrogen-bond acceptors (Lipinski definition) is 2. The number of hydrogen-bond donors (Lipinski definition) is 2. The topological polar surface area (TPSA) is 69.6 Å². The van der Waals surface area contributed by atoms with E-state index in [4.69, 9.17) is 5.11 Å². The molecule has 3 atom stereocenters. The van der Waals surface area contributed by atoms with Crippen LogP contribution in [0, 0.1) is 17.8 Å². The summed E-state index contributed by atoms with van der Waals surface area (Å²) in [5.74, 6) is 1.31. The molecule has 0 aromatic rings. The predicted octanol–water partition coefficient (Wildman–Crippen LogP) is 1.93. The second-order valence-electron chi connectivity index (χ2n) is 5.94. The molecule has 2 aliphatic carbocycles. The van der Waals surface area contributed by atoms with Gasteiger partial charge in [-0.1, -0.05) is 13.3 Å². The van der Waals surface area contributed by atoms with Gasteiger partial charge in [0.15, 0.2) is 0 Å². The molecule has 2 N–H and O–H groups in total. The van der Waals surface area contributed by atoms with Gasteiger partial charge in [0.05, 0.1) is 0 Å². The zero-order valence-electron chi connectivity index (χ0n) is 11.6. The summed E-state index contributed by atoms with van der Waals surface area (Å²) in [5, 5.41) is 11.7. The van der Waals surface area contributed by atoms with Crippen LogP contribution in [0.1, 0.15) is 39.0 Å². The first-order valence-electron chi connectivity index (χ1n) is 7.34. The van der Waals surface area contributed by atoms with Crippen LogP contribution in [-0.4, -0.2) is 41.6 Å². The number of nitrogens with one attached hydrogen (secondary N) is 1. The van der Waals surface area contributed by atoms with Crippen LogP contribution in [0.2, 0.25) is 0 Å². The largest absolute Gasteiger partial charge is 0.480 e. The van der Waals surface area contributed by atoms with E-state index in [1.165, 1.54) is 30.6 Å². The summed E-state index contributed by atoms with van der Waals surface area (Å²) < 4.78 is 0. The molecule has 2 rings (SSSR count). The molecular formula is C14H24N2O3. The second-order valence-corrected chi connectivity index (χ2v) is 5.94. The van der Waals surface area contributed by atoms with E-state index in [0.717, 1.165) is 18.3 Å². The third-order valence-corrected chi connectivity index (χ3v) is 4.51. The van der Waals surface area contributed by atoms with Crippen molar-refractivity contribution in [1.29, 1.82) is 0 Å². The van der Waals surface area contributed by atoms with Crippen LogP contribution in [0.5, 0.6) is 0 Å². The summed E-state index contributed by atoms with van der Waals surface area (Å²) in [6, 6.07) is -0.230. The lowest BCUT2D eigenvalue weighted by Gasteiger charge is -2.25. The number of carbonyl (C=O) groups is 2. The highest BCUT2D eigenvalue weighted by molar-refractivity contribution is 5.80. The third kappa shape index (κ3) is 3.61. The molecule has 5 nitrogen and oxygen atoms in total. The number of urea groups is 1. The van der Waals surface area contributed by atoms with Gasteiger partial charge >= 0.3 is 12.0 Å². The molecule has 0 aromatic carbocycles. The van der Waals surface area contributed by atoms with Crippen molar-refractivity contribution >= 4 is 12.0 Å². The van der Waals surface area contributed by atoms with E-state index < -0.39 is 5.97 Å². The van der Waals surface area contributed by atoms with Crippen molar-refractivity contribution in [1.82, 2.24) is 10.2 Å². The van der Waals surface area contributed by atoms with Crippen molar-refractivity contribution in [2.24, 2.45) is 17.8 Å². The molecule has 0 aromatic heterocycles. The third-order valence-electron chi connectivity index (χ3n) is 4.51. The first-order chi connectivity index (χ1) is 9.10. The molecule has 3 unspecified atom stereocenters. The van der Waals surface area contributed by atoms with Gasteiger partial charge in [0.2, 0.25) is 0 Å². The Balaban J connectivity index is 1.77. The highest BCUT2D eigenvalue weighted by Crippen LogP contribution is 2.47. The van der Waals surface area contributed by atoms with Crippen LogP contribution in [0.25, 0.3) is 0 Å². The van der Waals surface area contributed by atoms with Crippen LogP contribution in [0.15, 0.2) is 0 Å². The van der Waals surface area contributed by atoms with Gasteiger partial charge in [-0.3, -0.25) is 4.79 Å². The molecule has 2 fully saturated rings. The summed E-state index contributed by atoms with van der Waals surface area (Å²) in [4.78, 5) is 24.1. The molecule has 0 radical (unpaired) electrons. The van der Waals surface area contributed by atoms with Gasteiger partial charge in [-0.25, -0.2) is 4.79 Å². The molecule has 2 amide bonds. The number of rotatable bonds is 6. The minimum atomic E-state index is -0.955. The average Bonchev–Trinajstić information content (AvgIpc) is 2.97. The number of nitrogens with zero attached hydrogens (tertiary/aromatic N) is 1. The minimum Gasteiger partial charge on any atom is -0.480 e. The van der Waals surface area contributed by atoms with Gasteiger partial charge in [0, 0.05) is 13.1 Å². The molecule has 2 saturated carbocycles. The van der Waals surface area contributed by atoms with Crippen LogP contribution >= 0.6 is 0 Å². The maximum absolute atomic E-state index is 12.0. The standard InChI is InChI=1S/C14H24N2O3/c1-2-5-16(9-13(17)18)14(19)15-8-12-7-10-3-4-11(12)6-10/h10-12H,2-9H2,1H3,(H,15,19)(H,17,18). The molecule has 0 spiro atoms. The Morgan fingerprint density at radius 2 is 2.11 bits per heavy atom. The normalized spacial score (nSPS) is 28.4. The number of amides is 2. The number of fused-ring (bicyclic) bond motifs is 2. The quantitative estimate of drug-likeness (QED) is 0.773. The maximum atomic E-state index is 12.0. The van der Waals surface area contributed by atoms with Crippen molar-refractivity contribution in [3.05, 3.63) is 0 Å². The van der Waals surface area contributed by atoms with E-state index in [1.54, 1.807) is 0 Å². The molecule has 5 heteroatoms. The van der Waals surface area contributed by atoms with Crippen molar-refractivity contribution in [3.63, 3.8) is 0 Å². The predicted molar refractivity (Wildman–Crippen MR) is 71.8 cm³/mol. The highest BCUT2D eigenvalue weighted by Gasteiger charge is 2.39. The summed E-state index contributed by atoms with van der Waals surface area (Å²) in [7, 11) is 0. The zero-order chi connectivity index (χ0) is 13.8. The molecule has 108 valence electrons. The lowest BCUT2D eigenvalue weighted by atomic mass is 9.89. The number of aliphatic carboxylic acids is 1. The smallest absolute Gasteiger partial charge is 0.323 e. The average molecular weight is 268 g/mol. The summed E-state index contributed by atoms with van der Waals surface area (Å²) in [5.41, 5.74) is 0. The number of carbonyl (C=O) groups excluding carboxylic acids is 1. The number of carboxylic acid groups (broad SMARTS) is 1. The van der Waals surface area contributed by atoms with Crippen molar-refractivity contribution in [2.75, 3.05) is 19.6 Å². The Kier molecular flexibility index (Phi) is 4.66. The Bertz CT molecular complexity index is 346. The molecule has 2 bridgehead atoms. The van der Waals surface area contributed by atoms with Gasteiger partial charge < -0.3 is 15.3 Å². The molecule has 2 aliphatic rings. The monoisotopic (exact) mass is 268 g/mol. The molecule has 0 aliphatic heterocycles. The van der Waals surface area contributed by atoms with E-state index in [2.05, 4.69) is 5.32 Å². The lowest BCUT2D eigenvalue weighted by Crippen LogP contribution is -2.45. The van der Waals surface area contributed by atoms with Gasteiger partial charge in [-0.15, -0.1) is 0 Å². The van der Waals surface area contributed by atoms with Crippen LogP contribution in [0.4, 0.5) is 4.79 Å². The van der Waals surface area contributed by atoms with E-state index >= 15 is 0 Å². The first kappa shape index (κ1) is 14.2. The number of carboxylic acids is 1. The first-order valence-corrected chi connectivity index (χ1v) is 7.34. The van der Waals surface area contributed by atoms with Crippen LogP contribution in [0.3, 0.4) is 0 Å². The summed E-state index contributed by atoms with van der Waals surface area (Å²) in [6.45, 7) is 2.93. The lowest BCUT2D eigenvalue weighted by molar-refractivity contribution is -0.137. The van der Waals surface area contributed by atoms with E-state index in [9.17, 15) is 9.59 Å². The fraction of sp³-hybridized carbons (Fsp3) is 0.857.